The van der Waals surface area contributed by atoms with E-state index in [9.17, 15) is 9.59 Å². The minimum Gasteiger partial charge on any atom is -0.494 e. The molecule has 7 nitrogen and oxygen atoms in total. The van der Waals surface area contributed by atoms with Crippen molar-refractivity contribution in [3.05, 3.63) is 48.2 Å². The molecule has 1 atom stereocenters. The van der Waals surface area contributed by atoms with Crippen LogP contribution in [0, 0.1) is 5.41 Å². The first-order valence-electron chi connectivity index (χ1n) is 11.2. The minimum atomic E-state index is -0.510. The van der Waals surface area contributed by atoms with E-state index in [1.807, 2.05) is 51.1 Å². The van der Waals surface area contributed by atoms with Gasteiger partial charge >= 0.3 is 0 Å². The van der Waals surface area contributed by atoms with Crippen LogP contribution in [0.5, 0.6) is 17.4 Å². The molecule has 1 unspecified atom stereocenters. The van der Waals surface area contributed by atoms with Crippen molar-refractivity contribution in [1.29, 1.82) is 0 Å². The molecule has 1 aliphatic rings. The Morgan fingerprint density at radius 3 is 2.56 bits per heavy atom. The molecule has 1 fully saturated rings. The highest BCUT2D eigenvalue weighted by Crippen LogP contribution is 2.27. The molecule has 0 bridgehead atoms. The molecule has 2 amide bonds. The Morgan fingerprint density at radius 1 is 1.16 bits per heavy atom. The lowest BCUT2D eigenvalue weighted by Gasteiger charge is -2.30. The van der Waals surface area contributed by atoms with Crippen molar-refractivity contribution in [3.63, 3.8) is 0 Å². The number of carbonyl (C=O) groups is 2. The molecular weight excluding hydrogens is 406 g/mol. The molecule has 2 aromatic rings. The maximum Gasteiger partial charge on any atom is 0.243 e. The SMILES string of the molecule is CCCOc1ccc(Oc2ncccc2CNC(=O)C2CCCN2C(=O)C(C)(C)C)cc1. The normalized spacial score (nSPS) is 16.0. The lowest BCUT2D eigenvalue weighted by Crippen LogP contribution is -2.49. The third-order valence-electron chi connectivity index (χ3n) is 5.27. The lowest BCUT2D eigenvalue weighted by molar-refractivity contribution is -0.144. The molecule has 1 N–H and O–H groups in total. The molecule has 172 valence electrons. The molecule has 2 heterocycles. The fourth-order valence-corrected chi connectivity index (χ4v) is 3.60. The van der Waals surface area contributed by atoms with E-state index in [1.165, 1.54) is 0 Å². The molecule has 1 aliphatic heterocycles. The van der Waals surface area contributed by atoms with E-state index in [1.54, 1.807) is 17.2 Å². The Hall–Kier alpha value is -3.09. The second-order valence-corrected chi connectivity index (χ2v) is 9.01. The number of carbonyl (C=O) groups excluding carboxylic acids is 2. The van der Waals surface area contributed by atoms with Gasteiger partial charge in [0.2, 0.25) is 17.7 Å². The zero-order valence-corrected chi connectivity index (χ0v) is 19.4. The Balaban J connectivity index is 1.62. The van der Waals surface area contributed by atoms with Gasteiger partial charge in [-0.25, -0.2) is 4.98 Å². The van der Waals surface area contributed by atoms with E-state index in [0.29, 0.717) is 31.2 Å². The summed E-state index contributed by atoms with van der Waals surface area (Å²) in [6, 6.07) is 10.6. The van der Waals surface area contributed by atoms with Crippen molar-refractivity contribution < 1.29 is 19.1 Å². The topological polar surface area (TPSA) is 80.8 Å². The summed E-state index contributed by atoms with van der Waals surface area (Å²) >= 11 is 0. The first-order valence-corrected chi connectivity index (χ1v) is 11.2. The molecule has 0 radical (unpaired) electrons. The maximum absolute atomic E-state index is 12.9. The highest BCUT2D eigenvalue weighted by Gasteiger charge is 2.38. The molecule has 0 aliphatic carbocycles. The Kier molecular flexibility index (Phi) is 7.72. The summed E-state index contributed by atoms with van der Waals surface area (Å²) in [6.07, 6.45) is 4.11. The first-order chi connectivity index (χ1) is 15.3. The molecule has 1 aromatic heterocycles. The third kappa shape index (κ3) is 5.99. The molecule has 32 heavy (non-hydrogen) atoms. The summed E-state index contributed by atoms with van der Waals surface area (Å²) < 4.78 is 11.5. The summed E-state index contributed by atoms with van der Waals surface area (Å²) in [7, 11) is 0. The quantitative estimate of drug-likeness (QED) is 0.663. The van der Waals surface area contributed by atoms with Gasteiger partial charge in [-0.1, -0.05) is 33.8 Å². The van der Waals surface area contributed by atoms with Gasteiger partial charge < -0.3 is 19.7 Å². The standard InChI is InChI=1S/C25H33N3O4/c1-5-16-31-19-10-12-20(13-11-19)32-23-18(8-6-14-26-23)17-27-22(29)21-9-7-15-28(21)24(30)25(2,3)4/h6,8,10-14,21H,5,7,9,15-17H2,1-4H3,(H,27,29). The zero-order valence-electron chi connectivity index (χ0n) is 19.4. The third-order valence-corrected chi connectivity index (χ3v) is 5.27. The number of hydrogen-bond acceptors (Lipinski definition) is 5. The average molecular weight is 440 g/mol. The number of benzene rings is 1. The van der Waals surface area contributed by atoms with Crippen LogP contribution in [0.25, 0.3) is 0 Å². The van der Waals surface area contributed by atoms with E-state index >= 15 is 0 Å². The minimum absolute atomic E-state index is 0.00640. The van der Waals surface area contributed by atoms with Gasteiger partial charge in [-0.15, -0.1) is 0 Å². The van der Waals surface area contributed by atoms with Crippen LogP contribution in [0.3, 0.4) is 0 Å². The molecule has 1 saturated heterocycles. The highest BCUT2D eigenvalue weighted by atomic mass is 16.5. The van der Waals surface area contributed by atoms with E-state index in [0.717, 1.165) is 24.2 Å². The van der Waals surface area contributed by atoms with Gasteiger partial charge in [0.15, 0.2) is 0 Å². The van der Waals surface area contributed by atoms with Crippen molar-refractivity contribution in [1.82, 2.24) is 15.2 Å². The zero-order chi connectivity index (χ0) is 23.1. The van der Waals surface area contributed by atoms with Crippen LogP contribution in [0.15, 0.2) is 42.6 Å². The summed E-state index contributed by atoms with van der Waals surface area (Å²) in [5, 5.41) is 2.96. The summed E-state index contributed by atoms with van der Waals surface area (Å²) in [5.41, 5.74) is 0.253. The summed E-state index contributed by atoms with van der Waals surface area (Å²) in [5.74, 6) is 1.72. The van der Waals surface area contributed by atoms with Gasteiger partial charge in [-0.2, -0.15) is 0 Å². The number of ether oxygens (including phenoxy) is 2. The number of pyridine rings is 1. The molecule has 1 aromatic carbocycles. The van der Waals surface area contributed by atoms with E-state index < -0.39 is 11.5 Å². The fraction of sp³-hybridized carbons (Fsp3) is 0.480. The maximum atomic E-state index is 12.9. The van der Waals surface area contributed by atoms with Crippen LogP contribution in [0.2, 0.25) is 0 Å². The van der Waals surface area contributed by atoms with E-state index in [-0.39, 0.29) is 18.4 Å². The predicted octanol–water partition coefficient (Wildman–Crippen LogP) is 4.32. The van der Waals surface area contributed by atoms with Crippen LogP contribution >= 0.6 is 0 Å². The Morgan fingerprint density at radius 2 is 1.88 bits per heavy atom. The molecule has 7 heteroatoms. The number of nitrogens with zero attached hydrogens (tertiary/aromatic N) is 2. The van der Waals surface area contributed by atoms with Crippen molar-refractivity contribution in [3.8, 4) is 17.4 Å². The highest BCUT2D eigenvalue weighted by molar-refractivity contribution is 5.90. The number of nitrogens with one attached hydrogen (secondary N) is 1. The van der Waals surface area contributed by atoms with Gasteiger partial charge in [-0.3, -0.25) is 9.59 Å². The van der Waals surface area contributed by atoms with Gasteiger partial charge in [0, 0.05) is 30.3 Å². The summed E-state index contributed by atoms with van der Waals surface area (Å²) in [4.78, 5) is 31.6. The van der Waals surface area contributed by atoms with Gasteiger partial charge in [0.05, 0.1) is 6.61 Å². The van der Waals surface area contributed by atoms with Crippen LogP contribution in [-0.4, -0.2) is 40.9 Å². The number of amides is 2. The van der Waals surface area contributed by atoms with Crippen LogP contribution in [0.4, 0.5) is 0 Å². The number of rotatable bonds is 8. The van der Waals surface area contributed by atoms with Gasteiger partial charge in [0.1, 0.15) is 17.5 Å². The molecule has 3 rings (SSSR count). The monoisotopic (exact) mass is 439 g/mol. The van der Waals surface area contributed by atoms with Crippen molar-refractivity contribution in [2.75, 3.05) is 13.2 Å². The summed E-state index contributed by atoms with van der Waals surface area (Å²) in [6.45, 7) is 9.26. The van der Waals surface area contributed by atoms with E-state index in [4.69, 9.17) is 9.47 Å². The van der Waals surface area contributed by atoms with Gasteiger partial charge in [0.25, 0.3) is 0 Å². The van der Waals surface area contributed by atoms with Crippen LogP contribution in [-0.2, 0) is 16.1 Å². The van der Waals surface area contributed by atoms with Crippen molar-refractivity contribution in [2.45, 2.75) is 59.5 Å². The van der Waals surface area contributed by atoms with Crippen LogP contribution in [0.1, 0.15) is 52.5 Å². The molecular formula is C25H33N3O4. The smallest absolute Gasteiger partial charge is 0.243 e. The number of likely N-dealkylation sites (tertiary alicyclic amines) is 1. The second kappa shape index (κ2) is 10.5. The predicted molar refractivity (Wildman–Crippen MR) is 123 cm³/mol. The van der Waals surface area contributed by atoms with Crippen molar-refractivity contribution in [2.24, 2.45) is 5.41 Å². The first kappa shape index (κ1) is 23.6. The Labute approximate surface area is 190 Å². The van der Waals surface area contributed by atoms with Gasteiger partial charge in [-0.05, 0) is 49.6 Å². The number of aromatic nitrogens is 1. The average Bonchev–Trinajstić information content (AvgIpc) is 3.26. The van der Waals surface area contributed by atoms with Crippen molar-refractivity contribution >= 4 is 11.8 Å². The lowest BCUT2D eigenvalue weighted by atomic mass is 9.94. The number of hydrogen-bond donors (Lipinski definition) is 1. The second-order valence-electron chi connectivity index (χ2n) is 9.01. The fourth-order valence-electron chi connectivity index (χ4n) is 3.60. The largest absolute Gasteiger partial charge is 0.494 e. The van der Waals surface area contributed by atoms with E-state index in [2.05, 4.69) is 17.2 Å². The molecule has 0 saturated carbocycles. The Bertz CT molecular complexity index is 922. The molecule has 0 spiro atoms. The van der Waals surface area contributed by atoms with Crippen LogP contribution < -0.4 is 14.8 Å².